The number of aliphatic hydroxyl groups excluding tert-OH is 5. The summed E-state index contributed by atoms with van der Waals surface area (Å²) >= 11 is 0. The van der Waals surface area contributed by atoms with E-state index in [-0.39, 0.29) is 13.0 Å². The van der Waals surface area contributed by atoms with E-state index in [0.717, 1.165) is 19.3 Å². The van der Waals surface area contributed by atoms with E-state index in [1.54, 1.807) is 6.92 Å². The molecule has 0 spiro atoms. The average molecular weight is 629 g/mol. The summed E-state index contributed by atoms with van der Waals surface area (Å²) in [6, 6.07) is 0. The minimum atomic E-state index is -4.97. The van der Waals surface area contributed by atoms with Crippen LogP contribution >= 0.6 is 7.82 Å². The number of rotatable bonds is 25. The third-order valence-corrected chi connectivity index (χ3v) is 8.43. The standard InChI is InChI=1S/C29H57O12P/c1-3-5-6-7-8-9-10-11-12-13-14-15-16-17-19-38-20-22(40-23(30)18-4-2)21-39-42(36,37)41-29-27(34)25(32)24(31)26(33)28(29)35/h22,24-29,31-35H,3-21H2,1-2H3,(H,36,37)/t22-,24?,25-,26?,27?,28?,29?/m1/s1. The highest BCUT2D eigenvalue weighted by atomic mass is 31.2. The molecule has 0 radical (unpaired) electrons. The molecule has 0 amide bonds. The summed E-state index contributed by atoms with van der Waals surface area (Å²) in [5, 5.41) is 49.3. The molecule has 6 unspecified atom stereocenters. The molecule has 0 saturated heterocycles. The molecule has 0 bridgehead atoms. The van der Waals surface area contributed by atoms with Crippen molar-refractivity contribution >= 4 is 13.8 Å². The maximum absolute atomic E-state index is 12.5. The molecule has 0 heterocycles. The van der Waals surface area contributed by atoms with Gasteiger partial charge in [0.2, 0.25) is 0 Å². The zero-order valence-corrected chi connectivity index (χ0v) is 26.5. The van der Waals surface area contributed by atoms with Crippen molar-refractivity contribution in [1.82, 2.24) is 0 Å². The van der Waals surface area contributed by atoms with Gasteiger partial charge >= 0.3 is 13.8 Å². The first-order chi connectivity index (χ1) is 20.0. The van der Waals surface area contributed by atoms with Crippen molar-refractivity contribution in [2.45, 2.75) is 159 Å². The van der Waals surface area contributed by atoms with Gasteiger partial charge in [0.15, 0.2) is 0 Å². The van der Waals surface area contributed by atoms with Gasteiger partial charge in [-0.3, -0.25) is 13.8 Å². The van der Waals surface area contributed by atoms with Gasteiger partial charge in [0.05, 0.1) is 13.2 Å². The van der Waals surface area contributed by atoms with Crippen LogP contribution in [0.15, 0.2) is 0 Å². The lowest BCUT2D eigenvalue weighted by Gasteiger charge is -2.41. The van der Waals surface area contributed by atoms with E-state index in [4.69, 9.17) is 18.5 Å². The molecule has 250 valence electrons. The number of esters is 1. The number of aliphatic hydroxyl groups is 5. The number of ether oxygens (including phenoxy) is 2. The first kappa shape index (κ1) is 39.4. The maximum atomic E-state index is 12.5. The van der Waals surface area contributed by atoms with Crippen molar-refractivity contribution in [1.29, 1.82) is 0 Å². The van der Waals surface area contributed by atoms with Crippen LogP contribution in [-0.2, 0) is 27.9 Å². The quantitative estimate of drug-likeness (QED) is 0.0490. The maximum Gasteiger partial charge on any atom is 0.472 e. The van der Waals surface area contributed by atoms with Gasteiger partial charge in [-0.15, -0.1) is 0 Å². The van der Waals surface area contributed by atoms with Crippen LogP contribution in [0.1, 0.15) is 117 Å². The first-order valence-electron chi connectivity index (χ1n) is 15.9. The smallest absolute Gasteiger partial charge is 0.457 e. The zero-order chi connectivity index (χ0) is 31.4. The Morgan fingerprint density at radius 2 is 1.12 bits per heavy atom. The van der Waals surface area contributed by atoms with Gasteiger partial charge < -0.3 is 39.9 Å². The Morgan fingerprint density at radius 3 is 1.60 bits per heavy atom. The first-order valence-corrected chi connectivity index (χ1v) is 17.4. The van der Waals surface area contributed by atoms with Crippen LogP contribution in [0, 0.1) is 0 Å². The topological polar surface area (TPSA) is 192 Å². The number of unbranched alkanes of at least 4 members (excludes halogenated alkanes) is 13. The van der Waals surface area contributed by atoms with Crippen molar-refractivity contribution < 1.29 is 58.3 Å². The summed E-state index contributed by atoms with van der Waals surface area (Å²) in [5.74, 6) is -0.529. The van der Waals surface area contributed by atoms with Gasteiger partial charge in [0.25, 0.3) is 0 Å². The highest BCUT2D eigenvalue weighted by Gasteiger charge is 2.51. The van der Waals surface area contributed by atoms with E-state index in [2.05, 4.69) is 6.92 Å². The van der Waals surface area contributed by atoms with E-state index < -0.39 is 63.1 Å². The minimum Gasteiger partial charge on any atom is -0.457 e. The fraction of sp³-hybridized carbons (Fsp3) is 0.966. The van der Waals surface area contributed by atoms with Gasteiger partial charge in [-0.2, -0.15) is 0 Å². The van der Waals surface area contributed by atoms with Crippen LogP contribution in [0.3, 0.4) is 0 Å². The Morgan fingerprint density at radius 1 is 0.667 bits per heavy atom. The molecule has 42 heavy (non-hydrogen) atoms. The second kappa shape index (κ2) is 22.8. The summed E-state index contributed by atoms with van der Waals surface area (Å²) in [6.07, 6.45) is 5.38. The van der Waals surface area contributed by atoms with Crippen LogP contribution < -0.4 is 0 Å². The molecule has 8 atom stereocenters. The molecule has 1 rings (SSSR count). The molecule has 0 aromatic carbocycles. The Balaban J connectivity index is 2.31. The summed E-state index contributed by atoms with van der Waals surface area (Å²) in [4.78, 5) is 22.1. The van der Waals surface area contributed by atoms with E-state index in [0.29, 0.717) is 13.0 Å². The Bertz CT molecular complexity index is 725. The summed E-state index contributed by atoms with van der Waals surface area (Å²) in [6.45, 7) is 3.81. The zero-order valence-electron chi connectivity index (χ0n) is 25.6. The van der Waals surface area contributed by atoms with E-state index in [1.165, 1.54) is 70.6 Å². The van der Waals surface area contributed by atoms with Crippen molar-refractivity contribution in [3.63, 3.8) is 0 Å². The monoisotopic (exact) mass is 628 g/mol. The molecule has 0 aromatic rings. The fourth-order valence-electron chi connectivity index (χ4n) is 4.86. The van der Waals surface area contributed by atoms with Gasteiger partial charge in [0, 0.05) is 13.0 Å². The molecule has 1 aliphatic carbocycles. The lowest BCUT2D eigenvalue weighted by molar-refractivity contribution is -0.220. The Labute approximate surface area is 251 Å². The molecule has 12 nitrogen and oxygen atoms in total. The lowest BCUT2D eigenvalue weighted by Crippen LogP contribution is -2.64. The Hall–Kier alpha value is -0.660. The highest BCUT2D eigenvalue weighted by molar-refractivity contribution is 7.47. The number of carbonyl (C=O) groups excluding carboxylic acids is 1. The third kappa shape index (κ3) is 16.4. The van der Waals surface area contributed by atoms with Crippen LogP contribution in [0.2, 0.25) is 0 Å². The fourth-order valence-corrected chi connectivity index (χ4v) is 5.83. The predicted molar refractivity (Wildman–Crippen MR) is 157 cm³/mol. The number of phosphoric ester groups is 1. The molecular weight excluding hydrogens is 571 g/mol. The van der Waals surface area contributed by atoms with Gasteiger partial charge in [-0.25, -0.2) is 4.57 Å². The van der Waals surface area contributed by atoms with Gasteiger partial charge in [-0.1, -0.05) is 97.3 Å². The van der Waals surface area contributed by atoms with E-state index in [1.807, 2.05) is 0 Å². The number of phosphoric acid groups is 1. The number of hydrogen-bond acceptors (Lipinski definition) is 11. The van der Waals surface area contributed by atoms with Gasteiger partial charge in [0.1, 0.15) is 42.7 Å². The second-order valence-corrected chi connectivity index (χ2v) is 12.7. The molecule has 1 fully saturated rings. The molecule has 0 aromatic heterocycles. The summed E-state index contributed by atoms with van der Waals surface area (Å²) in [7, 11) is -4.97. The minimum absolute atomic E-state index is 0.0772. The van der Waals surface area contributed by atoms with Crippen molar-refractivity contribution in [3.8, 4) is 0 Å². The molecule has 1 saturated carbocycles. The van der Waals surface area contributed by atoms with E-state index in [9.17, 15) is 39.8 Å². The predicted octanol–water partition coefficient (Wildman–Crippen LogP) is 3.52. The largest absolute Gasteiger partial charge is 0.472 e. The van der Waals surface area contributed by atoms with Gasteiger partial charge in [-0.05, 0) is 12.8 Å². The molecular formula is C29H57O12P. The Kier molecular flexibility index (Phi) is 21.4. The van der Waals surface area contributed by atoms with Crippen LogP contribution in [-0.4, -0.2) is 98.9 Å². The SMILES string of the molecule is CCCCCCCCCCCCCCCCOC[C@H](COP(=O)(O)OC1C(O)C(O)C(O)[C@@H](O)C1O)OC(=O)CCC. The van der Waals surface area contributed by atoms with Crippen molar-refractivity contribution in [2.24, 2.45) is 0 Å². The summed E-state index contributed by atoms with van der Waals surface area (Å²) in [5.41, 5.74) is 0. The molecule has 13 heteroatoms. The van der Waals surface area contributed by atoms with Crippen molar-refractivity contribution in [3.05, 3.63) is 0 Å². The van der Waals surface area contributed by atoms with Crippen LogP contribution in [0.4, 0.5) is 0 Å². The van der Waals surface area contributed by atoms with Crippen LogP contribution in [0.25, 0.3) is 0 Å². The lowest BCUT2D eigenvalue weighted by atomic mass is 9.85. The molecule has 0 aliphatic heterocycles. The highest BCUT2D eigenvalue weighted by Crippen LogP contribution is 2.47. The number of carbonyl (C=O) groups is 1. The second-order valence-electron chi connectivity index (χ2n) is 11.3. The number of hydrogen-bond donors (Lipinski definition) is 6. The molecule has 6 N–H and O–H groups in total. The third-order valence-electron chi connectivity index (χ3n) is 7.45. The van der Waals surface area contributed by atoms with E-state index >= 15 is 0 Å². The van der Waals surface area contributed by atoms with Crippen molar-refractivity contribution in [2.75, 3.05) is 19.8 Å². The molecule has 1 aliphatic rings. The average Bonchev–Trinajstić information content (AvgIpc) is 2.95. The van der Waals surface area contributed by atoms with Crippen LogP contribution in [0.5, 0.6) is 0 Å². The summed E-state index contributed by atoms with van der Waals surface area (Å²) < 4.78 is 33.2. The normalized spacial score (nSPS) is 26.6.